The topological polar surface area (TPSA) is 47.6 Å². The van der Waals surface area contributed by atoms with Crippen molar-refractivity contribution >= 4 is 11.7 Å². The molecule has 0 amide bonds. The maximum Gasteiger partial charge on any atom is 0.344 e. The zero-order chi connectivity index (χ0) is 17.7. The van der Waals surface area contributed by atoms with Crippen molar-refractivity contribution in [3.8, 4) is 16.9 Å². The van der Waals surface area contributed by atoms with Gasteiger partial charge >= 0.3 is 5.97 Å². The van der Waals surface area contributed by atoms with Crippen LogP contribution in [0.3, 0.4) is 0 Å². The largest absolute Gasteiger partial charge is 0.482 e. The predicted octanol–water partition coefficient (Wildman–Crippen LogP) is 4.25. The SMILES string of the molecule is CNc1cc(-c2cccc(OCC(=O)OC(C)(C)C)c2)ccc1F. The van der Waals surface area contributed by atoms with Crippen molar-refractivity contribution in [3.05, 3.63) is 48.3 Å². The van der Waals surface area contributed by atoms with Gasteiger partial charge in [0.1, 0.15) is 17.2 Å². The van der Waals surface area contributed by atoms with Crippen LogP contribution >= 0.6 is 0 Å². The number of benzene rings is 2. The Labute approximate surface area is 141 Å². The molecule has 0 atom stereocenters. The fourth-order valence-electron chi connectivity index (χ4n) is 2.18. The summed E-state index contributed by atoms with van der Waals surface area (Å²) in [6, 6.07) is 12.1. The first kappa shape index (κ1) is 17.8. The Morgan fingerprint density at radius 3 is 2.50 bits per heavy atom. The number of hydrogen-bond acceptors (Lipinski definition) is 4. The van der Waals surface area contributed by atoms with Gasteiger partial charge in [0.2, 0.25) is 0 Å². The molecule has 0 fully saturated rings. The lowest BCUT2D eigenvalue weighted by Crippen LogP contribution is -2.27. The molecule has 0 unspecified atom stereocenters. The molecule has 2 aromatic rings. The standard InChI is InChI=1S/C19H22FNO3/c1-19(2,3)24-18(22)12-23-15-7-5-6-13(10-15)14-8-9-16(20)17(11-14)21-4/h5-11,21H,12H2,1-4H3. The maximum absolute atomic E-state index is 13.6. The van der Waals surface area contributed by atoms with E-state index in [1.54, 1.807) is 52.1 Å². The summed E-state index contributed by atoms with van der Waals surface area (Å²) < 4.78 is 24.3. The van der Waals surface area contributed by atoms with Crippen LogP contribution in [-0.2, 0) is 9.53 Å². The fraction of sp³-hybridized carbons (Fsp3) is 0.316. The van der Waals surface area contributed by atoms with Crippen LogP contribution < -0.4 is 10.1 Å². The van der Waals surface area contributed by atoms with E-state index in [1.807, 2.05) is 12.1 Å². The summed E-state index contributed by atoms with van der Waals surface area (Å²) in [6.45, 7) is 5.25. The third kappa shape index (κ3) is 4.98. The first-order valence-electron chi connectivity index (χ1n) is 7.71. The molecular formula is C19H22FNO3. The number of rotatable bonds is 5. The van der Waals surface area contributed by atoms with Crippen LogP contribution in [0.2, 0.25) is 0 Å². The van der Waals surface area contributed by atoms with Crippen molar-refractivity contribution in [1.29, 1.82) is 0 Å². The van der Waals surface area contributed by atoms with Gasteiger partial charge in [-0.25, -0.2) is 9.18 Å². The molecule has 0 aromatic heterocycles. The number of esters is 1. The van der Waals surface area contributed by atoms with Crippen LogP contribution in [0.4, 0.5) is 10.1 Å². The van der Waals surface area contributed by atoms with Crippen LogP contribution in [0.5, 0.6) is 5.75 Å². The van der Waals surface area contributed by atoms with E-state index in [9.17, 15) is 9.18 Å². The Balaban J connectivity index is 2.10. The van der Waals surface area contributed by atoms with Crippen LogP contribution in [0, 0.1) is 5.82 Å². The molecule has 1 N–H and O–H groups in total. The van der Waals surface area contributed by atoms with E-state index in [1.165, 1.54) is 6.07 Å². The molecule has 128 valence electrons. The van der Waals surface area contributed by atoms with E-state index in [0.29, 0.717) is 11.4 Å². The van der Waals surface area contributed by atoms with Crippen molar-refractivity contribution in [1.82, 2.24) is 0 Å². The van der Waals surface area contributed by atoms with Gasteiger partial charge in [-0.1, -0.05) is 18.2 Å². The third-order valence-corrected chi connectivity index (χ3v) is 3.18. The van der Waals surface area contributed by atoms with Crippen LogP contribution in [-0.4, -0.2) is 25.2 Å². The molecule has 0 saturated carbocycles. The highest BCUT2D eigenvalue weighted by molar-refractivity contribution is 5.72. The summed E-state index contributed by atoms with van der Waals surface area (Å²) >= 11 is 0. The lowest BCUT2D eigenvalue weighted by Gasteiger charge is -2.19. The molecule has 0 heterocycles. The van der Waals surface area contributed by atoms with E-state index in [4.69, 9.17) is 9.47 Å². The average Bonchev–Trinajstić information content (AvgIpc) is 2.52. The zero-order valence-corrected chi connectivity index (χ0v) is 14.4. The first-order valence-corrected chi connectivity index (χ1v) is 7.71. The number of hydrogen-bond donors (Lipinski definition) is 1. The van der Waals surface area contributed by atoms with E-state index in [2.05, 4.69) is 5.32 Å². The molecule has 0 radical (unpaired) electrons. The second-order valence-corrected chi connectivity index (χ2v) is 6.35. The number of carbonyl (C=O) groups excluding carboxylic acids is 1. The molecule has 2 rings (SSSR count). The molecule has 2 aromatic carbocycles. The molecule has 0 saturated heterocycles. The number of carbonyl (C=O) groups is 1. The van der Waals surface area contributed by atoms with Crippen LogP contribution in [0.1, 0.15) is 20.8 Å². The molecule has 24 heavy (non-hydrogen) atoms. The Hall–Kier alpha value is -2.56. The summed E-state index contributed by atoms with van der Waals surface area (Å²) in [5.74, 6) is -0.181. The third-order valence-electron chi connectivity index (χ3n) is 3.18. The lowest BCUT2D eigenvalue weighted by atomic mass is 10.0. The first-order chi connectivity index (χ1) is 11.3. The van der Waals surface area contributed by atoms with Gasteiger partial charge in [0.25, 0.3) is 0 Å². The molecular weight excluding hydrogens is 309 g/mol. The van der Waals surface area contributed by atoms with Gasteiger partial charge in [0.05, 0.1) is 5.69 Å². The summed E-state index contributed by atoms with van der Waals surface area (Å²) in [5.41, 5.74) is 1.60. The summed E-state index contributed by atoms with van der Waals surface area (Å²) in [6.07, 6.45) is 0. The summed E-state index contributed by atoms with van der Waals surface area (Å²) in [5, 5.41) is 2.81. The Morgan fingerprint density at radius 1 is 1.12 bits per heavy atom. The smallest absolute Gasteiger partial charge is 0.344 e. The van der Waals surface area contributed by atoms with Crippen molar-refractivity contribution in [2.24, 2.45) is 0 Å². The molecule has 4 nitrogen and oxygen atoms in total. The van der Waals surface area contributed by atoms with E-state index < -0.39 is 11.6 Å². The van der Waals surface area contributed by atoms with Gasteiger partial charge in [-0.15, -0.1) is 0 Å². The molecule has 0 aliphatic carbocycles. The summed E-state index contributed by atoms with van der Waals surface area (Å²) in [7, 11) is 1.67. The summed E-state index contributed by atoms with van der Waals surface area (Å²) in [4.78, 5) is 11.7. The van der Waals surface area contributed by atoms with Gasteiger partial charge in [-0.2, -0.15) is 0 Å². The molecule has 5 heteroatoms. The van der Waals surface area contributed by atoms with Gasteiger partial charge in [0, 0.05) is 7.05 Å². The van der Waals surface area contributed by atoms with Crippen molar-refractivity contribution in [2.75, 3.05) is 19.0 Å². The van der Waals surface area contributed by atoms with E-state index in [0.717, 1.165) is 11.1 Å². The highest BCUT2D eigenvalue weighted by Crippen LogP contribution is 2.27. The lowest BCUT2D eigenvalue weighted by molar-refractivity contribution is -0.157. The number of halogens is 1. The minimum Gasteiger partial charge on any atom is -0.482 e. The van der Waals surface area contributed by atoms with Gasteiger partial charge < -0.3 is 14.8 Å². The molecule has 0 spiro atoms. The highest BCUT2D eigenvalue weighted by atomic mass is 19.1. The quantitative estimate of drug-likeness (QED) is 0.832. The normalized spacial score (nSPS) is 11.0. The number of nitrogens with one attached hydrogen (secondary N) is 1. The van der Waals surface area contributed by atoms with Crippen LogP contribution in [0.25, 0.3) is 11.1 Å². The van der Waals surface area contributed by atoms with Crippen molar-refractivity contribution in [2.45, 2.75) is 26.4 Å². The van der Waals surface area contributed by atoms with Crippen molar-refractivity contribution < 1.29 is 18.7 Å². The zero-order valence-electron chi connectivity index (χ0n) is 14.4. The minimum absolute atomic E-state index is 0.161. The van der Waals surface area contributed by atoms with E-state index >= 15 is 0 Å². The average molecular weight is 331 g/mol. The predicted molar refractivity (Wildman–Crippen MR) is 92.7 cm³/mol. The minimum atomic E-state index is -0.542. The van der Waals surface area contributed by atoms with Gasteiger partial charge in [-0.3, -0.25) is 0 Å². The van der Waals surface area contributed by atoms with Crippen molar-refractivity contribution in [3.63, 3.8) is 0 Å². The monoisotopic (exact) mass is 331 g/mol. The van der Waals surface area contributed by atoms with E-state index in [-0.39, 0.29) is 12.4 Å². The Morgan fingerprint density at radius 2 is 1.83 bits per heavy atom. The second kappa shape index (κ2) is 7.34. The Kier molecular flexibility index (Phi) is 5.44. The number of anilines is 1. The molecule has 0 aliphatic heterocycles. The second-order valence-electron chi connectivity index (χ2n) is 6.35. The van der Waals surface area contributed by atoms with Crippen LogP contribution in [0.15, 0.2) is 42.5 Å². The highest BCUT2D eigenvalue weighted by Gasteiger charge is 2.16. The molecule has 0 bridgehead atoms. The maximum atomic E-state index is 13.6. The Bertz CT molecular complexity index is 723. The fourth-order valence-corrected chi connectivity index (χ4v) is 2.18. The molecule has 0 aliphatic rings. The van der Waals surface area contributed by atoms with Gasteiger partial charge in [0.15, 0.2) is 6.61 Å². The van der Waals surface area contributed by atoms with Gasteiger partial charge in [-0.05, 0) is 56.2 Å². The number of ether oxygens (including phenoxy) is 2.